The van der Waals surface area contributed by atoms with Crippen LogP contribution < -0.4 is 4.74 Å². The average Bonchev–Trinajstić information content (AvgIpc) is 2.18. The molecule has 0 aromatic heterocycles. The summed E-state index contributed by atoms with van der Waals surface area (Å²) in [5.41, 5.74) is 2.04. The van der Waals surface area contributed by atoms with E-state index in [0.717, 1.165) is 11.3 Å². The van der Waals surface area contributed by atoms with Crippen molar-refractivity contribution in [1.82, 2.24) is 0 Å². The molecule has 0 spiro atoms. The molecule has 0 N–H and O–H groups in total. The molecular formula is C13H14O. The molecule has 0 amide bonds. The van der Waals surface area contributed by atoms with Gasteiger partial charge in [-0.05, 0) is 32.1 Å². The average molecular weight is 186 g/mol. The maximum atomic E-state index is 5.52. The minimum absolute atomic E-state index is 0.570. The fourth-order valence-electron chi connectivity index (χ4n) is 1.01. The Balaban J connectivity index is 2.68. The third-order valence-electron chi connectivity index (χ3n) is 1.77. The topological polar surface area (TPSA) is 9.23 Å². The molecule has 0 aliphatic heterocycles. The zero-order valence-corrected chi connectivity index (χ0v) is 8.58. The fourth-order valence-corrected chi connectivity index (χ4v) is 1.01. The van der Waals surface area contributed by atoms with Gasteiger partial charge in [0.15, 0.2) is 0 Å². The van der Waals surface area contributed by atoms with Crippen molar-refractivity contribution in [2.75, 3.05) is 6.61 Å². The molecule has 0 bridgehead atoms. The summed E-state index contributed by atoms with van der Waals surface area (Å²) in [6.07, 6.45) is 7.36. The van der Waals surface area contributed by atoms with Gasteiger partial charge in [0.25, 0.3) is 0 Å². The van der Waals surface area contributed by atoms with Gasteiger partial charge in [-0.25, -0.2) is 0 Å². The first-order valence-electron chi connectivity index (χ1n) is 4.56. The number of rotatable bonds is 3. The highest BCUT2D eigenvalue weighted by Crippen LogP contribution is 2.16. The van der Waals surface area contributed by atoms with Crippen molar-refractivity contribution >= 4 is 0 Å². The summed E-state index contributed by atoms with van der Waals surface area (Å²) >= 11 is 0. The zero-order chi connectivity index (χ0) is 10.4. The molecule has 1 heteroatoms. The molecule has 1 aromatic rings. The molecule has 0 saturated heterocycles. The maximum Gasteiger partial charge on any atom is 0.135 e. The van der Waals surface area contributed by atoms with Crippen molar-refractivity contribution in [1.29, 1.82) is 0 Å². The quantitative estimate of drug-likeness (QED) is 0.521. The second-order valence-electron chi connectivity index (χ2n) is 3.23. The van der Waals surface area contributed by atoms with Gasteiger partial charge in [0.1, 0.15) is 12.4 Å². The molecule has 72 valence electrons. The third-order valence-corrected chi connectivity index (χ3v) is 1.77. The summed E-state index contributed by atoms with van der Waals surface area (Å²) in [7, 11) is 0. The zero-order valence-electron chi connectivity index (χ0n) is 8.58. The van der Waals surface area contributed by atoms with Crippen molar-refractivity contribution in [3.63, 3.8) is 0 Å². The Bertz CT molecular complexity index is 365. The minimum Gasteiger partial charge on any atom is -0.488 e. The van der Waals surface area contributed by atoms with Gasteiger partial charge in [-0.2, -0.15) is 0 Å². The van der Waals surface area contributed by atoms with E-state index in [1.807, 2.05) is 44.2 Å². The summed E-state index contributed by atoms with van der Waals surface area (Å²) in [4.78, 5) is 0. The summed E-state index contributed by atoms with van der Waals surface area (Å²) in [5, 5.41) is 0. The first kappa shape index (κ1) is 10.4. The number of hydrogen-bond donors (Lipinski definition) is 0. The molecule has 0 unspecified atom stereocenters. The molecule has 14 heavy (non-hydrogen) atoms. The molecule has 1 nitrogen and oxygen atoms in total. The van der Waals surface area contributed by atoms with Crippen LogP contribution in [0.5, 0.6) is 5.75 Å². The Morgan fingerprint density at radius 3 is 2.79 bits per heavy atom. The SMILES string of the molecule is C#Cc1ccccc1OCC=C(C)C. The number of ether oxygens (including phenoxy) is 1. The van der Waals surface area contributed by atoms with Gasteiger partial charge >= 0.3 is 0 Å². The van der Waals surface area contributed by atoms with E-state index >= 15 is 0 Å². The van der Waals surface area contributed by atoms with Gasteiger partial charge in [-0.1, -0.05) is 23.6 Å². The van der Waals surface area contributed by atoms with Gasteiger partial charge in [0.05, 0.1) is 5.56 Å². The van der Waals surface area contributed by atoms with Crippen LogP contribution in [-0.4, -0.2) is 6.61 Å². The van der Waals surface area contributed by atoms with Crippen LogP contribution in [0, 0.1) is 12.3 Å². The van der Waals surface area contributed by atoms with Crippen LogP contribution >= 0.6 is 0 Å². The second-order valence-corrected chi connectivity index (χ2v) is 3.23. The standard InChI is InChI=1S/C13H14O/c1-4-12-7-5-6-8-13(12)14-10-9-11(2)3/h1,5-9H,10H2,2-3H3. The normalized spacial score (nSPS) is 8.93. The van der Waals surface area contributed by atoms with E-state index < -0.39 is 0 Å². The Labute approximate surface area is 85.4 Å². The number of allylic oxidation sites excluding steroid dienone is 1. The summed E-state index contributed by atoms with van der Waals surface area (Å²) in [6.45, 7) is 4.65. The molecule has 0 aliphatic carbocycles. The molecule has 1 rings (SSSR count). The van der Waals surface area contributed by atoms with Crippen LogP contribution in [0.2, 0.25) is 0 Å². The molecule has 0 atom stereocenters. The van der Waals surface area contributed by atoms with Gasteiger partial charge in [0.2, 0.25) is 0 Å². The lowest BCUT2D eigenvalue weighted by Gasteiger charge is -2.05. The lowest BCUT2D eigenvalue weighted by atomic mass is 10.2. The predicted octanol–water partition coefficient (Wildman–Crippen LogP) is 3.01. The van der Waals surface area contributed by atoms with Crippen molar-refractivity contribution in [2.24, 2.45) is 0 Å². The fraction of sp³-hybridized carbons (Fsp3) is 0.231. The maximum absolute atomic E-state index is 5.52. The van der Waals surface area contributed by atoms with Crippen LogP contribution in [0.3, 0.4) is 0 Å². The minimum atomic E-state index is 0.570. The number of hydrogen-bond acceptors (Lipinski definition) is 1. The number of benzene rings is 1. The summed E-state index contributed by atoms with van der Waals surface area (Å²) in [6, 6.07) is 7.58. The van der Waals surface area contributed by atoms with Gasteiger partial charge in [0, 0.05) is 0 Å². The number of terminal acetylenes is 1. The Hall–Kier alpha value is -1.68. The van der Waals surface area contributed by atoms with Gasteiger partial charge in [-0.3, -0.25) is 0 Å². The lowest BCUT2D eigenvalue weighted by Crippen LogP contribution is -1.95. The predicted molar refractivity (Wildman–Crippen MR) is 59.3 cm³/mol. The van der Waals surface area contributed by atoms with E-state index in [2.05, 4.69) is 5.92 Å². The Kier molecular flexibility index (Phi) is 3.82. The van der Waals surface area contributed by atoms with Gasteiger partial charge < -0.3 is 4.74 Å². The van der Waals surface area contributed by atoms with Crippen molar-refractivity contribution in [2.45, 2.75) is 13.8 Å². The number of para-hydroxylation sites is 1. The summed E-state index contributed by atoms with van der Waals surface area (Å²) < 4.78 is 5.52. The van der Waals surface area contributed by atoms with E-state index in [1.54, 1.807) is 0 Å². The molecule has 1 aromatic carbocycles. The first-order chi connectivity index (χ1) is 6.74. The van der Waals surface area contributed by atoms with E-state index in [9.17, 15) is 0 Å². The molecule has 0 heterocycles. The van der Waals surface area contributed by atoms with Crippen LogP contribution in [0.15, 0.2) is 35.9 Å². The van der Waals surface area contributed by atoms with Crippen LogP contribution in [0.4, 0.5) is 0 Å². The van der Waals surface area contributed by atoms with Crippen LogP contribution in [-0.2, 0) is 0 Å². The van der Waals surface area contributed by atoms with Crippen LogP contribution in [0.25, 0.3) is 0 Å². The highest BCUT2D eigenvalue weighted by atomic mass is 16.5. The van der Waals surface area contributed by atoms with E-state index in [4.69, 9.17) is 11.2 Å². The van der Waals surface area contributed by atoms with Crippen molar-refractivity contribution < 1.29 is 4.74 Å². The molecule has 0 saturated carbocycles. The van der Waals surface area contributed by atoms with E-state index in [0.29, 0.717) is 6.61 Å². The van der Waals surface area contributed by atoms with Gasteiger partial charge in [-0.15, -0.1) is 6.42 Å². The van der Waals surface area contributed by atoms with Crippen molar-refractivity contribution in [3.8, 4) is 18.1 Å². The Morgan fingerprint density at radius 2 is 2.14 bits per heavy atom. The second kappa shape index (κ2) is 5.14. The van der Waals surface area contributed by atoms with E-state index in [-0.39, 0.29) is 0 Å². The third kappa shape index (κ3) is 2.99. The van der Waals surface area contributed by atoms with E-state index in [1.165, 1.54) is 5.57 Å². The van der Waals surface area contributed by atoms with Crippen LogP contribution in [0.1, 0.15) is 19.4 Å². The smallest absolute Gasteiger partial charge is 0.135 e. The molecule has 0 fully saturated rings. The van der Waals surface area contributed by atoms with Crippen molar-refractivity contribution in [3.05, 3.63) is 41.5 Å². The molecule has 0 radical (unpaired) electrons. The Morgan fingerprint density at radius 1 is 1.43 bits per heavy atom. The lowest BCUT2D eigenvalue weighted by molar-refractivity contribution is 0.361. The first-order valence-corrected chi connectivity index (χ1v) is 4.56. The monoisotopic (exact) mass is 186 g/mol. The highest BCUT2D eigenvalue weighted by Gasteiger charge is 1.97. The highest BCUT2D eigenvalue weighted by molar-refractivity contribution is 5.44. The largest absolute Gasteiger partial charge is 0.488 e. The molecular weight excluding hydrogens is 172 g/mol. The molecule has 0 aliphatic rings. The summed E-state index contributed by atoms with van der Waals surface area (Å²) in [5.74, 6) is 3.36.